The zero-order valence-electron chi connectivity index (χ0n) is 14.9. The number of piperazine rings is 1. The predicted octanol–water partition coefficient (Wildman–Crippen LogP) is 2.12. The van der Waals surface area contributed by atoms with Gasteiger partial charge in [-0.15, -0.1) is 0 Å². The number of H-pyrrole nitrogens is 2. The van der Waals surface area contributed by atoms with Crippen molar-refractivity contribution in [3.63, 3.8) is 0 Å². The maximum absolute atomic E-state index is 12.5. The van der Waals surface area contributed by atoms with Crippen molar-refractivity contribution in [2.24, 2.45) is 0 Å². The minimum Gasteiger partial charge on any atom is -0.354 e. The lowest BCUT2D eigenvalue weighted by Gasteiger charge is -2.35. The van der Waals surface area contributed by atoms with Crippen molar-refractivity contribution in [1.82, 2.24) is 24.8 Å². The van der Waals surface area contributed by atoms with Crippen LogP contribution in [-0.2, 0) is 6.54 Å². The average Bonchev–Trinajstić information content (AvgIpc) is 3.09. The number of para-hydroxylation sites is 1. The third-order valence-electron chi connectivity index (χ3n) is 5.13. The lowest BCUT2D eigenvalue weighted by molar-refractivity contribution is 0.243. The first-order chi connectivity index (χ1) is 13.3. The van der Waals surface area contributed by atoms with Gasteiger partial charge in [-0.3, -0.25) is 9.69 Å². The molecule has 0 radical (unpaired) electrons. The van der Waals surface area contributed by atoms with Gasteiger partial charge in [0.1, 0.15) is 22.7 Å². The second kappa shape index (κ2) is 6.51. The first-order valence-electron chi connectivity index (χ1n) is 9.16. The average molecular weight is 360 g/mol. The fourth-order valence-corrected chi connectivity index (χ4v) is 3.73. The van der Waals surface area contributed by atoms with Gasteiger partial charge in [0.2, 0.25) is 0 Å². The smallest absolute Gasteiger partial charge is 0.275 e. The fourth-order valence-electron chi connectivity index (χ4n) is 3.73. The summed E-state index contributed by atoms with van der Waals surface area (Å²) >= 11 is 0. The summed E-state index contributed by atoms with van der Waals surface area (Å²) in [5.41, 5.74) is 2.11. The predicted molar refractivity (Wildman–Crippen MR) is 106 cm³/mol. The highest BCUT2D eigenvalue weighted by molar-refractivity contribution is 6.04. The van der Waals surface area contributed by atoms with Gasteiger partial charge in [0.15, 0.2) is 0 Å². The number of nitrogens with one attached hydrogen (secondary N) is 2. The molecule has 1 aromatic carbocycles. The van der Waals surface area contributed by atoms with Crippen molar-refractivity contribution in [1.29, 1.82) is 0 Å². The van der Waals surface area contributed by atoms with Crippen LogP contribution in [0.4, 0.5) is 5.82 Å². The molecule has 1 fully saturated rings. The van der Waals surface area contributed by atoms with E-state index in [0.29, 0.717) is 17.9 Å². The molecule has 5 rings (SSSR count). The van der Waals surface area contributed by atoms with Gasteiger partial charge in [-0.05, 0) is 18.2 Å². The summed E-state index contributed by atoms with van der Waals surface area (Å²) in [6.45, 7) is 4.28. The first kappa shape index (κ1) is 16.0. The third kappa shape index (κ3) is 2.96. The normalized spacial score (nSPS) is 15.6. The van der Waals surface area contributed by atoms with Crippen LogP contribution in [0.15, 0.2) is 53.5 Å². The summed E-state index contributed by atoms with van der Waals surface area (Å²) in [5, 5.41) is 0.986. The second-order valence-corrected chi connectivity index (χ2v) is 6.86. The number of aromatic nitrogens is 4. The van der Waals surface area contributed by atoms with Crippen molar-refractivity contribution in [3.05, 3.63) is 64.8 Å². The number of benzene rings is 1. The lowest BCUT2D eigenvalue weighted by atomic mass is 10.2. The number of rotatable bonds is 3. The maximum atomic E-state index is 12.5. The zero-order chi connectivity index (χ0) is 18.2. The summed E-state index contributed by atoms with van der Waals surface area (Å²) in [6.07, 6.45) is 1.83. The molecule has 2 N–H and O–H groups in total. The van der Waals surface area contributed by atoms with Crippen LogP contribution < -0.4 is 10.5 Å². The van der Waals surface area contributed by atoms with Crippen LogP contribution in [0.25, 0.3) is 21.9 Å². The fraction of sp³-hybridized carbons (Fsp3) is 0.250. The largest absolute Gasteiger partial charge is 0.354 e. The summed E-state index contributed by atoms with van der Waals surface area (Å²) in [7, 11) is 0. The Balaban J connectivity index is 1.36. The summed E-state index contributed by atoms with van der Waals surface area (Å²) in [6, 6.07) is 13.9. The summed E-state index contributed by atoms with van der Waals surface area (Å²) < 4.78 is 0. The Morgan fingerprint density at radius 3 is 2.59 bits per heavy atom. The monoisotopic (exact) mass is 360 g/mol. The molecule has 7 nitrogen and oxygen atoms in total. The molecule has 0 unspecified atom stereocenters. The molecule has 7 heteroatoms. The van der Waals surface area contributed by atoms with Gasteiger partial charge in [-0.2, -0.15) is 0 Å². The molecule has 136 valence electrons. The summed E-state index contributed by atoms with van der Waals surface area (Å²) in [4.78, 5) is 32.4. The van der Waals surface area contributed by atoms with Crippen LogP contribution in [0, 0.1) is 0 Å². The van der Waals surface area contributed by atoms with Crippen LogP contribution in [0.3, 0.4) is 0 Å². The molecular formula is C20H20N6O. The Kier molecular flexibility index (Phi) is 3.86. The topological polar surface area (TPSA) is 80.9 Å². The van der Waals surface area contributed by atoms with Gasteiger partial charge >= 0.3 is 0 Å². The quantitative estimate of drug-likeness (QED) is 0.585. The number of nitrogens with zero attached hydrogens (tertiary/aromatic N) is 4. The van der Waals surface area contributed by atoms with E-state index in [1.807, 2.05) is 48.7 Å². The molecule has 1 aliphatic heterocycles. The van der Waals surface area contributed by atoms with E-state index in [-0.39, 0.29) is 5.56 Å². The van der Waals surface area contributed by atoms with E-state index in [4.69, 9.17) is 4.98 Å². The van der Waals surface area contributed by atoms with Crippen LogP contribution in [0.2, 0.25) is 0 Å². The second-order valence-electron chi connectivity index (χ2n) is 6.86. The molecule has 1 aliphatic rings. The van der Waals surface area contributed by atoms with E-state index in [1.54, 1.807) is 0 Å². The van der Waals surface area contributed by atoms with Crippen molar-refractivity contribution in [3.8, 4) is 0 Å². The van der Waals surface area contributed by atoms with Gasteiger partial charge in [-0.1, -0.05) is 24.3 Å². The maximum Gasteiger partial charge on any atom is 0.275 e. The van der Waals surface area contributed by atoms with Crippen LogP contribution in [0.1, 0.15) is 5.82 Å². The molecule has 0 saturated carbocycles. The number of hydrogen-bond donors (Lipinski definition) is 2. The van der Waals surface area contributed by atoms with E-state index in [1.165, 1.54) is 0 Å². The molecule has 0 spiro atoms. The number of aromatic amines is 2. The molecule has 1 saturated heterocycles. The molecule has 4 aromatic rings. The van der Waals surface area contributed by atoms with E-state index >= 15 is 0 Å². The van der Waals surface area contributed by atoms with Gasteiger partial charge in [0.25, 0.3) is 5.56 Å². The van der Waals surface area contributed by atoms with Crippen LogP contribution >= 0.6 is 0 Å². The molecular weight excluding hydrogens is 340 g/mol. The standard InChI is InChI=1S/C20H20N6O/c27-20-19-18(14-5-1-2-6-15(14)22-19)23-16(24-20)13-25-9-11-26(12-10-25)17-7-3-4-8-21-17/h1-8,22H,9-13H2,(H,23,24,27). The molecule has 0 aliphatic carbocycles. The van der Waals surface area contributed by atoms with Gasteiger partial charge in [0, 0.05) is 43.3 Å². The Morgan fingerprint density at radius 2 is 1.78 bits per heavy atom. The number of fused-ring (bicyclic) bond motifs is 3. The minimum absolute atomic E-state index is 0.113. The van der Waals surface area contributed by atoms with Crippen molar-refractivity contribution in [2.75, 3.05) is 31.1 Å². The Labute approximate surface area is 155 Å². The summed E-state index contributed by atoms with van der Waals surface area (Å²) in [5.74, 6) is 1.73. The van der Waals surface area contributed by atoms with Crippen molar-refractivity contribution >= 4 is 27.8 Å². The van der Waals surface area contributed by atoms with E-state index in [2.05, 4.69) is 24.8 Å². The third-order valence-corrected chi connectivity index (χ3v) is 5.13. The highest BCUT2D eigenvalue weighted by Crippen LogP contribution is 2.21. The molecule has 27 heavy (non-hydrogen) atoms. The SMILES string of the molecule is O=c1[nH]c(CN2CCN(c3ccccn3)CC2)nc2c1[nH]c1ccccc12. The van der Waals surface area contributed by atoms with Gasteiger partial charge < -0.3 is 14.9 Å². The Bertz CT molecular complexity index is 1140. The van der Waals surface area contributed by atoms with E-state index in [9.17, 15) is 4.79 Å². The zero-order valence-corrected chi connectivity index (χ0v) is 14.9. The Hall–Kier alpha value is -3.19. The molecule has 0 amide bonds. The van der Waals surface area contributed by atoms with Gasteiger partial charge in [-0.25, -0.2) is 9.97 Å². The van der Waals surface area contributed by atoms with E-state index < -0.39 is 0 Å². The number of anilines is 1. The number of hydrogen-bond acceptors (Lipinski definition) is 5. The van der Waals surface area contributed by atoms with Crippen molar-refractivity contribution < 1.29 is 0 Å². The highest BCUT2D eigenvalue weighted by atomic mass is 16.1. The minimum atomic E-state index is -0.113. The lowest BCUT2D eigenvalue weighted by Crippen LogP contribution is -2.46. The van der Waals surface area contributed by atoms with E-state index in [0.717, 1.165) is 48.4 Å². The van der Waals surface area contributed by atoms with Crippen LogP contribution in [0.5, 0.6) is 0 Å². The number of pyridine rings is 1. The highest BCUT2D eigenvalue weighted by Gasteiger charge is 2.19. The molecule has 4 heterocycles. The molecule has 0 bridgehead atoms. The Morgan fingerprint density at radius 1 is 0.963 bits per heavy atom. The van der Waals surface area contributed by atoms with Crippen molar-refractivity contribution in [2.45, 2.75) is 6.54 Å². The molecule has 0 atom stereocenters. The van der Waals surface area contributed by atoms with Gasteiger partial charge in [0.05, 0.1) is 6.54 Å². The first-order valence-corrected chi connectivity index (χ1v) is 9.16. The molecule has 3 aromatic heterocycles. The van der Waals surface area contributed by atoms with Crippen LogP contribution in [-0.4, -0.2) is 51.0 Å².